The van der Waals surface area contributed by atoms with Crippen LogP contribution in [0, 0.1) is 11.3 Å². The van der Waals surface area contributed by atoms with Gasteiger partial charge in [0.15, 0.2) is 6.20 Å². The molecule has 0 saturated carbocycles. The summed E-state index contributed by atoms with van der Waals surface area (Å²) in [6.07, 6.45) is 1.26. The Morgan fingerprint density at radius 2 is 2.29 bits per heavy atom. The first kappa shape index (κ1) is 8.50. The number of aromatic nitrogens is 1. The first-order valence-corrected chi connectivity index (χ1v) is 4.02. The molecule has 1 heterocycles. The number of fused-ring (bicyclic) bond motifs is 1. The Labute approximate surface area is 80.2 Å². The molecule has 1 radical (unpaired) electrons. The summed E-state index contributed by atoms with van der Waals surface area (Å²) < 4.78 is 0.477. The van der Waals surface area contributed by atoms with Gasteiger partial charge in [-0.2, -0.15) is 4.73 Å². The van der Waals surface area contributed by atoms with Crippen molar-refractivity contribution in [1.29, 1.82) is 0 Å². The average molecular weight is 187 g/mol. The third-order valence-corrected chi connectivity index (χ3v) is 1.99. The summed E-state index contributed by atoms with van der Waals surface area (Å²) in [5, 5.41) is 12.6. The molecule has 14 heavy (non-hydrogen) atoms. The fourth-order valence-corrected chi connectivity index (χ4v) is 1.38. The molecule has 1 aromatic heterocycles. The van der Waals surface area contributed by atoms with Crippen molar-refractivity contribution >= 4 is 16.7 Å². The molecule has 0 fully saturated rings. The Morgan fingerprint density at radius 3 is 3.00 bits per heavy atom. The molecule has 0 spiro atoms. The van der Waals surface area contributed by atoms with E-state index in [1.165, 1.54) is 6.20 Å². The molecule has 0 aliphatic heterocycles. The van der Waals surface area contributed by atoms with Gasteiger partial charge in [-0.1, -0.05) is 6.07 Å². The van der Waals surface area contributed by atoms with E-state index in [1.54, 1.807) is 24.3 Å². The van der Waals surface area contributed by atoms with Crippen LogP contribution in [0.15, 0.2) is 30.5 Å². The lowest BCUT2D eigenvalue weighted by Gasteiger charge is -2.03. The van der Waals surface area contributed by atoms with E-state index in [9.17, 15) is 10.0 Å². The van der Waals surface area contributed by atoms with Crippen molar-refractivity contribution < 1.29 is 9.52 Å². The smallest absolute Gasteiger partial charge is 0.315 e. The predicted molar refractivity (Wildman–Crippen MR) is 50.3 cm³/mol. The molecule has 4 nitrogen and oxygen atoms in total. The maximum atomic E-state index is 11.3. The van der Waals surface area contributed by atoms with Crippen LogP contribution in [0.1, 0.15) is 10.5 Å². The van der Waals surface area contributed by atoms with Crippen molar-refractivity contribution in [2.24, 2.45) is 5.73 Å². The van der Waals surface area contributed by atoms with Gasteiger partial charge in [0.25, 0.3) is 5.69 Å². The van der Waals surface area contributed by atoms with Gasteiger partial charge in [-0.25, -0.2) is 0 Å². The number of hydrogen-bond acceptors (Lipinski definition) is 2. The Kier molecular flexibility index (Phi) is 1.81. The zero-order valence-corrected chi connectivity index (χ0v) is 7.23. The van der Waals surface area contributed by atoms with E-state index in [4.69, 9.17) is 5.73 Å². The highest BCUT2D eigenvalue weighted by molar-refractivity contribution is 6.02. The number of benzene rings is 1. The van der Waals surface area contributed by atoms with Gasteiger partial charge < -0.3 is 10.9 Å². The summed E-state index contributed by atoms with van der Waals surface area (Å²) in [5.41, 5.74) is 5.08. The quantitative estimate of drug-likeness (QED) is 0.517. The van der Waals surface area contributed by atoms with E-state index >= 15 is 0 Å². The average Bonchev–Trinajstić information content (AvgIpc) is 2.17. The Balaban J connectivity index is 2.90. The number of carbonyl (C=O) groups excluding carboxylic acids is 1. The van der Waals surface area contributed by atoms with Crippen LogP contribution >= 0.6 is 0 Å². The van der Waals surface area contributed by atoms with Gasteiger partial charge in [0.05, 0.1) is 5.39 Å². The predicted octanol–water partition coefficient (Wildman–Crippen LogP) is 0.372. The minimum absolute atomic E-state index is 0.0310. The third kappa shape index (κ3) is 1.17. The number of primary amides is 1. The summed E-state index contributed by atoms with van der Waals surface area (Å²) in [6, 6.07) is 9.45. The molecule has 1 aromatic carbocycles. The highest BCUT2D eigenvalue weighted by Crippen LogP contribution is 2.13. The van der Waals surface area contributed by atoms with Crippen molar-refractivity contribution in [1.82, 2.24) is 0 Å². The maximum absolute atomic E-state index is 11.3. The molecule has 69 valence electrons. The largest absolute Gasteiger partial charge is 0.618 e. The van der Waals surface area contributed by atoms with Gasteiger partial charge in [0.1, 0.15) is 0 Å². The summed E-state index contributed by atoms with van der Waals surface area (Å²) in [7, 11) is 0. The summed E-state index contributed by atoms with van der Waals surface area (Å²) in [6.45, 7) is 0. The van der Waals surface area contributed by atoms with Crippen molar-refractivity contribution in [3.63, 3.8) is 0 Å². The second-order valence-corrected chi connectivity index (χ2v) is 2.87. The molecule has 0 unspecified atom stereocenters. The Hall–Kier alpha value is -2.10. The molecular formula is C10H7N2O2. The van der Waals surface area contributed by atoms with Crippen molar-refractivity contribution in [3.05, 3.63) is 47.4 Å². The van der Waals surface area contributed by atoms with Crippen LogP contribution in [0.25, 0.3) is 10.8 Å². The number of amides is 1. The van der Waals surface area contributed by atoms with Crippen molar-refractivity contribution in [2.45, 2.75) is 0 Å². The second kappa shape index (κ2) is 2.99. The standard InChI is InChI=1S/C10H7N2O2/c11-10(13)9-8-4-2-1-3-7(8)5-6-12(9)14/h2-6H,(H2,11,13). The molecular weight excluding hydrogens is 180 g/mol. The van der Waals surface area contributed by atoms with E-state index < -0.39 is 5.91 Å². The topological polar surface area (TPSA) is 70.0 Å². The first-order valence-electron chi connectivity index (χ1n) is 4.02. The van der Waals surface area contributed by atoms with Gasteiger partial charge >= 0.3 is 5.91 Å². The SMILES string of the molecule is NC(=O)c1c2cc[c]cc2cc[n+]1[O-]. The monoisotopic (exact) mass is 187 g/mol. The zero-order chi connectivity index (χ0) is 10.1. The van der Waals surface area contributed by atoms with Crippen LogP contribution < -0.4 is 10.5 Å². The van der Waals surface area contributed by atoms with Gasteiger partial charge in [-0.3, -0.25) is 4.79 Å². The van der Waals surface area contributed by atoms with Crippen LogP contribution in [-0.2, 0) is 0 Å². The fourth-order valence-electron chi connectivity index (χ4n) is 1.38. The Bertz CT molecular complexity index is 508. The molecule has 0 saturated heterocycles. The molecule has 1 amide bonds. The number of nitrogens with two attached hydrogens (primary N) is 1. The molecule has 2 rings (SSSR count). The first-order chi connectivity index (χ1) is 6.70. The van der Waals surface area contributed by atoms with Gasteiger partial charge in [0, 0.05) is 6.07 Å². The number of hydrogen-bond donors (Lipinski definition) is 1. The molecule has 0 atom stereocenters. The highest BCUT2D eigenvalue weighted by Gasteiger charge is 2.16. The lowest BCUT2D eigenvalue weighted by Crippen LogP contribution is -2.37. The molecule has 4 heteroatoms. The summed E-state index contributed by atoms with van der Waals surface area (Å²) >= 11 is 0. The van der Waals surface area contributed by atoms with Gasteiger partial charge in [-0.15, -0.1) is 0 Å². The number of rotatable bonds is 1. The molecule has 2 N–H and O–H groups in total. The van der Waals surface area contributed by atoms with E-state index in [0.29, 0.717) is 10.1 Å². The Morgan fingerprint density at radius 1 is 1.50 bits per heavy atom. The second-order valence-electron chi connectivity index (χ2n) is 2.87. The van der Waals surface area contributed by atoms with Crippen LogP contribution in [0.3, 0.4) is 0 Å². The van der Waals surface area contributed by atoms with Gasteiger partial charge in [0.2, 0.25) is 0 Å². The number of pyridine rings is 1. The van der Waals surface area contributed by atoms with Crippen LogP contribution in [-0.4, -0.2) is 5.91 Å². The van der Waals surface area contributed by atoms with Gasteiger partial charge in [-0.05, 0) is 23.6 Å². The maximum Gasteiger partial charge on any atom is 0.315 e. The van der Waals surface area contributed by atoms with E-state index in [2.05, 4.69) is 6.07 Å². The number of carbonyl (C=O) groups is 1. The third-order valence-electron chi connectivity index (χ3n) is 1.99. The van der Waals surface area contributed by atoms with Crippen molar-refractivity contribution in [2.75, 3.05) is 0 Å². The zero-order valence-electron chi connectivity index (χ0n) is 7.23. The van der Waals surface area contributed by atoms with Crippen molar-refractivity contribution in [3.8, 4) is 0 Å². The van der Waals surface area contributed by atoms with Crippen LogP contribution in [0.4, 0.5) is 0 Å². The molecule has 0 aliphatic rings. The minimum atomic E-state index is -0.725. The minimum Gasteiger partial charge on any atom is -0.618 e. The number of nitrogens with zero attached hydrogens (tertiary/aromatic N) is 1. The lowest BCUT2D eigenvalue weighted by atomic mass is 10.1. The molecule has 0 aliphatic carbocycles. The van der Waals surface area contributed by atoms with Crippen LogP contribution in [0.5, 0.6) is 0 Å². The summed E-state index contributed by atoms with van der Waals surface area (Å²) in [5.74, 6) is -0.725. The molecule has 2 aromatic rings. The molecule has 0 bridgehead atoms. The lowest BCUT2D eigenvalue weighted by molar-refractivity contribution is -0.606. The summed E-state index contributed by atoms with van der Waals surface area (Å²) in [4.78, 5) is 11.0. The van der Waals surface area contributed by atoms with E-state index in [1.807, 2.05) is 0 Å². The van der Waals surface area contributed by atoms with Crippen LogP contribution in [0.2, 0.25) is 0 Å². The normalized spacial score (nSPS) is 10.3. The highest BCUT2D eigenvalue weighted by atomic mass is 16.5. The van der Waals surface area contributed by atoms with E-state index in [-0.39, 0.29) is 5.69 Å². The fraction of sp³-hybridized carbons (Fsp3) is 0. The van der Waals surface area contributed by atoms with E-state index in [0.717, 1.165) is 5.39 Å².